The molecule has 2 N–H and O–H groups in total. The molecule has 2 aromatic rings. The van der Waals surface area contributed by atoms with Crippen LogP contribution in [0.2, 0.25) is 0 Å². The largest absolute Gasteiger partial charge is 0.511 e. The number of hydrogen-bond acceptors (Lipinski definition) is 6. The normalized spacial score (nSPS) is 14.0. The number of esters is 1. The fourth-order valence-electron chi connectivity index (χ4n) is 2.53. The first-order valence-corrected chi connectivity index (χ1v) is 6.87. The highest BCUT2D eigenvalue weighted by molar-refractivity contribution is 5.90. The van der Waals surface area contributed by atoms with Crippen LogP contribution in [0.1, 0.15) is 18.2 Å². The molecule has 0 aliphatic heterocycles. The first kappa shape index (κ1) is 14.2. The van der Waals surface area contributed by atoms with E-state index in [1.165, 1.54) is 18.2 Å². The number of aliphatic hydroxyl groups is 1. The standard InChI is InChI=1S/C16H14O6/c1-2-21-16(20)10-7-14-11(6-12(10)18)15(19)9-4-3-8(17)5-13(9)22-14/h3-5,17-18H,2,6-7H2,1H3. The molecule has 0 atom stereocenters. The summed E-state index contributed by atoms with van der Waals surface area (Å²) in [7, 11) is 0. The molecule has 22 heavy (non-hydrogen) atoms. The number of phenolic OH excluding ortho intramolecular Hbond substituents is 1. The Bertz CT molecular complexity index is 859. The van der Waals surface area contributed by atoms with E-state index in [0.29, 0.717) is 16.7 Å². The number of aliphatic hydroxyl groups excluding tert-OH is 1. The summed E-state index contributed by atoms with van der Waals surface area (Å²) in [4.78, 5) is 24.3. The van der Waals surface area contributed by atoms with Crippen LogP contribution in [0.5, 0.6) is 5.75 Å². The molecule has 0 unspecified atom stereocenters. The molecule has 6 nitrogen and oxygen atoms in total. The molecule has 1 aromatic heterocycles. The number of carbonyl (C=O) groups is 1. The van der Waals surface area contributed by atoms with Crippen molar-refractivity contribution in [1.82, 2.24) is 0 Å². The molecule has 0 saturated carbocycles. The summed E-state index contributed by atoms with van der Waals surface area (Å²) in [5.41, 5.74) is 0.389. The van der Waals surface area contributed by atoms with Crippen molar-refractivity contribution >= 4 is 16.9 Å². The summed E-state index contributed by atoms with van der Waals surface area (Å²) in [6, 6.07) is 4.21. The van der Waals surface area contributed by atoms with Gasteiger partial charge in [0, 0.05) is 24.5 Å². The van der Waals surface area contributed by atoms with Gasteiger partial charge in [-0.1, -0.05) is 0 Å². The zero-order valence-corrected chi connectivity index (χ0v) is 11.9. The number of aromatic hydroxyl groups is 1. The number of benzene rings is 1. The molecule has 0 saturated heterocycles. The Kier molecular flexibility index (Phi) is 3.36. The monoisotopic (exact) mass is 302 g/mol. The summed E-state index contributed by atoms with van der Waals surface area (Å²) >= 11 is 0. The summed E-state index contributed by atoms with van der Waals surface area (Å²) in [6.07, 6.45) is -0.0799. The summed E-state index contributed by atoms with van der Waals surface area (Å²) in [5, 5.41) is 19.8. The average Bonchev–Trinajstić information content (AvgIpc) is 2.47. The van der Waals surface area contributed by atoms with E-state index >= 15 is 0 Å². The second-order valence-corrected chi connectivity index (χ2v) is 5.01. The van der Waals surface area contributed by atoms with Gasteiger partial charge in [-0.3, -0.25) is 4.79 Å². The van der Waals surface area contributed by atoms with Crippen LogP contribution in [0.3, 0.4) is 0 Å². The van der Waals surface area contributed by atoms with E-state index in [-0.39, 0.29) is 47.5 Å². The van der Waals surface area contributed by atoms with Crippen LogP contribution in [-0.2, 0) is 22.4 Å². The molecule has 3 rings (SSSR count). The summed E-state index contributed by atoms with van der Waals surface area (Å²) < 4.78 is 10.5. The van der Waals surface area contributed by atoms with Gasteiger partial charge in [0.25, 0.3) is 0 Å². The first-order valence-electron chi connectivity index (χ1n) is 6.87. The maximum atomic E-state index is 12.4. The van der Waals surface area contributed by atoms with Crippen LogP contribution in [0.25, 0.3) is 11.0 Å². The lowest BCUT2D eigenvalue weighted by Crippen LogP contribution is -2.23. The minimum Gasteiger partial charge on any atom is -0.511 e. The number of ether oxygens (including phenoxy) is 1. The Hall–Kier alpha value is -2.76. The molecule has 0 fully saturated rings. The van der Waals surface area contributed by atoms with Gasteiger partial charge < -0.3 is 19.4 Å². The van der Waals surface area contributed by atoms with E-state index in [1.807, 2.05) is 0 Å². The Morgan fingerprint density at radius 2 is 2.09 bits per heavy atom. The van der Waals surface area contributed by atoms with Crippen molar-refractivity contribution in [2.24, 2.45) is 0 Å². The SMILES string of the molecule is CCOC(=O)C1=C(O)Cc2c(oc3cc(O)ccc3c2=O)C1. The van der Waals surface area contributed by atoms with Gasteiger partial charge in [-0.2, -0.15) is 0 Å². The van der Waals surface area contributed by atoms with Gasteiger partial charge in [-0.15, -0.1) is 0 Å². The molecule has 1 aliphatic carbocycles. The number of allylic oxidation sites excluding steroid dienone is 1. The lowest BCUT2D eigenvalue weighted by atomic mass is 9.94. The molecule has 6 heteroatoms. The highest BCUT2D eigenvalue weighted by Gasteiger charge is 2.28. The first-order chi connectivity index (χ1) is 10.5. The van der Waals surface area contributed by atoms with E-state index in [1.54, 1.807) is 6.92 Å². The number of hydrogen-bond donors (Lipinski definition) is 2. The van der Waals surface area contributed by atoms with Gasteiger partial charge in [0.2, 0.25) is 0 Å². The van der Waals surface area contributed by atoms with E-state index < -0.39 is 5.97 Å². The number of rotatable bonds is 2. The fraction of sp³-hybridized carbons (Fsp3) is 0.250. The number of phenols is 1. The fourth-order valence-corrected chi connectivity index (χ4v) is 2.53. The van der Waals surface area contributed by atoms with Gasteiger partial charge >= 0.3 is 5.97 Å². The van der Waals surface area contributed by atoms with Crippen LogP contribution >= 0.6 is 0 Å². The maximum absolute atomic E-state index is 12.4. The lowest BCUT2D eigenvalue weighted by Gasteiger charge is -2.17. The highest BCUT2D eigenvalue weighted by atomic mass is 16.5. The molecule has 114 valence electrons. The highest BCUT2D eigenvalue weighted by Crippen LogP contribution is 2.28. The predicted octanol–water partition coefficient (Wildman–Crippen LogP) is 1.97. The molecular formula is C16H14O6. The number of fused-ring (bicyclic) bond motifs is 2. The van der Waals surface area contributed by atoms with Gasteiger partial charge in [0.1, 0.15) is 22.9 Å². The van der Waals surface area contributed by atoms with Crippen LogP contribution in [0, 0.1) is 0 Å². The van der Waals surface area contributed by atoms with Crippen LogP contribution in [-0.4, -0.2) is 22.8 Å². The summed E-state index contributed by atoms with van der Waals surface area (Å²) in [6.45, 7) is 1.86. The Morgan fingerprint density at radius 1 is 1.32 bits per heavy atom. The third kappa shape index (κ3) is 2.22. The Labute approximate surface area is 125 Å². The molecule has 0 amide bonds. The van der Waals surface area contributed by atoms with Crippen molar-refractivity contribution in [3.63, 3.8) is 0 Å². The molecule has 0 radical (unpaired) electrons. The minimum atomic E-state index is -0.621. The van der Waals surface area contributed by atoms with Gasteiger partial charge in [0.05, 0.1) is 17.6 Å². The molecule has 0 bridgehead atoms. The maximum Gasteiger partial charge on any atom is 0.337 e. The minimum absolute atomic E-state index is 0.0131. The molecule has 1 aromatic carbocycles. The quantitative estimate of drug-likeness (QED) is 0.823. The van der Waals surface area contributed by atoms with Crippen molar-refractivity contribution in [3.05, 3.63) is 51.1 Å². The second-order valence-electron chi connectivity index (χ2n) is 5.01. The molecule has 0 spiro atoms. The summed E-state index contributed by atoms with van der Waals surface area (Å²) in [5.74, 6) is -0.500. The Morgan fingerprint density at radius 3 is 2.82 bits per heavy atom. The third-order valence-corrected chi connectivity index (χ3v) is 3.61. The van der Waals surface area contributed by atoms with Crippen molar-refractivity contribution in [2.45, 2.75) is 19.8 Å². The van der Waals surface area contributed by atoms with E-state index in [4.69, 9.17) is 9.15 Å². The zero-order valence-electron chi connectivity index (χ0n) is 11.9. The van der Waals surface area contributed by atoms with Gasteiger partial charge in [0.15, 0.2) is 5.43 Å². The van der Waals surface area contributed by atoms with Crippen molar-refractivity contribution in [1.29, 1.82) is 0 Å². The van der Waals surface area contributed by atoms with Gasteiger partial charge in [-0.25, -0.2) is 4.79 Å². The topological polar surface area (TPSA) is 97.0 Å². The van der Waals surface area contributed by atoms with Crippen molar-refractivity contribution in [2.75, 3.05) is 6.61 Å². The van der Waals surface area contributed by atoms with E-state index in [2.05, 4.69) is 0 Å². The Balaban J connectivity index is 2.13. The van der Waals surface area contributed by atoms with Crippen LogP contribution < -0.4 is 5.43 Å². The van der Waals surface area contributed by atoms with Gasteiger partial charge in [-0.05, 0) is 19.1 Å². The molecule has 1 aliphatic rings. The smallest absolute Gasteiger partial charge is 0.337 e. The van der Waals surface area contributed by atoms with E-state index in [9.17, 15) is 19.8 Å². The molecular weight excluding hydrogens is 288 g/mol. The van der Waals surface area contributed by atoms with Crippen LogP contribution in [0.15, 0.2) is 38.7 Å². The van der Waals surface area contributed by atoms with E-state index in [0.717, 1.165) is 0 Å². The lowest BCUT2D eigenvalue weighted by molar-refractivity contribution is -0.138. The van der Waals surface area contributed by atoms with Crippen molar-refractivity contribution in [3.8, 4) is 5.75 Å². The second kappa shape index (κ2) is 5.22. The molecule has 1 heterocycles. The number of carbonyl (C=O) groups excluding carboxylic acids is 1. The van der Waals surface area contributed by atoms with Crippen molar-refractivity contribution < 1.29 is 24.2 Å². The average molecular weight is 302 g/mol. The van der Waals surface area contributed by atoms with Crippen LogP contribution in [0.4, 0.5) is 0 Å². The zero-order chi connectivity index (χ0) is 15.9. The predicted molar refractivity (Wildman–Crippen MR) is 77.8 cm³/mol. The third-order valence-electron chi connectivity index (χ3n) is 3.61.